The van der Waals surface area contributed by atoms with Gasteiger partial charge in [-0.2, -0.15) is 0 Å². The Bertz CT molecular complexity index is 629. The predicted molar refractivity (Wildman–Crippen MR) is 94.6 cm³/mol. The van der Waals surface area contributed by atoms with Crippen molar-refractivity contribution < 1.29 is 0 Å². The largest absolute Gasteiger partial charge is 0.326 e. The second-order valence-corrected chi connectivity index (χ2v) is 5.66. The highest BCUT2D eigenvalue weighted by atomic mass is 14.5. The lowest BCUT2D eigenvalue weighted by Gasteiger charge is -2.01. The van der Waals surface area contributed by atoms with E-state index in [1.54, 1.807) is 0 Å². The molecule has 0 bridgehead atoms. The van der Waals surface area contributed by atoms with Gasteiger partial charge in [-0.25, -0.2) is 0 Å². The van der Waals surface area contributed by atoms with Gasteiger partial charge in [0.05, 0.1) is 0 Å². The van der Waals surface area contributed by atoms with Crippen LogP contribution in [0.3, 0.4) is 0 Å². The van der Waals surface area contributed by atoms with Crippen LogP contribution in [0.1, 0.15) is 54.9 Å². The molecule has 2 aromatic rings. The van der Waals surface area contributed by atoms with Crippen LogP contribution in [0.2, 0.25) is 0 Å². The minimum atomic E-state index is 0.577. The molecule has 1 heteroatoms. The molecular weight excluding hydrogens is 266 g/mol. The van der Waals surface area contributed by atoms with Gasteiger partial charge in [-0.15, -0.1) is 0 Å². The maximum absolute atomic E-state index is 5.60. The summed E-state index contributed by atoms with van der Waals surface area (Å²) in [7, 11) is 0. The molecule has 0 unspecified atom stereocenters. The van der Waals surface area contributed by atoms with Crippen LogP contribution in [0.4, 0.5) is 0 Å². The standard InChI is InChI=1S/C21H25N/c1-2-3-4-5-7-19-8-6-9-20(16-19)13-10-18-11-14-21(17-22)15-12-18/h6,8-9,11-12,14-16H,2-5,7,17,22H2,1H3. The Morgan fingerprint density at radius 2 is 1.59 bits per heavy atom. The quantitative estimate of drug-likeness (QED) is 0.607. The summed E-state index contributed by atoms with van der Waals surface area (Å²) >= 11 is 0. The first-order chi connectivity index (χ1) is 10.8. The van der Waals surface area contributed by atoms with Gasteiger partial charge in [0.25, 0.3) is 0 Å². The summed E-state index contributed by atoms with van der Waals surface area (Å²) in [6.07, 6.45) is 6.36. The molecule has 0 saturated heterocycles. The zero-order valence-corrected chi connectivity index (χ0v) is 13.4. The summed E-state index contributed by atoms with van der Waals surface area (Å²) in [5.41, 5.74) is 10.3. The predicted octanol–water partition coefficient (Wildman–Crippen LogP) is 4.67. The normalized spacial score (nSPS) is 10.1. The fraction of sp³-hybridized carbons (Fsp3) is 0.333. The average Bonchev–Trinajstić information content (AvgIpc) is 2.58. The van der Waals surface area contributed by atoms with Crippen LogP contribution < -0.4 is 5.73 Å². The van der Waals surface area contributed by atoms with Gasteiger partial charge >= 0.3 is 0 Å². The van der Waals surface area contributed by atoms with Crippen molar-refractivity contribution >= 4 is 0 Å². The van der Waals surface area contributed by atoms with Crippen molar-refractivity contribution in [1.29, 1.82) is 0 Å². The fourth-order valence-corrected chi connectivity index (χ4v) is 2.43. The van der Waals surface area contributed by atoms with E-state index in [1.807, 2.05) is 24.3 Å². The smallest absolute Gasteiger partial charge is 0.0251 e. The molecule has 0 aliphatic carbocycles. The van der Waals surface area contributed by atoms with Crippen LogP contribution in [0.5, 0.6) is 0 Å². The Labute approximate surface area is 134 Å². The number of nitrogens with two attached hydrogens (primary N) is 1. The molecule has 22 heavy (non-hydrogen) atoms. The molecule has 2 rings (SSSR count). The Kier molecular flexibility index (Phi) is 6.74. The molecule has 0 aliphatic heterocycles. The molecule has 0 aromatic heterocycles. The lowest BCUT2D eigenvalue weighted by Crippen LogP contribution is -1.95. The highest BCUT2D eigenvalue weighted by Crippen LogP contribution is 2.10. The summed E-state index contributed by atoms with van der Waals surface area (Å²) in [6.45, 7) is 2.82. The van der Waals surface area contributed by atoms with Crippen molar-refractivity contribution in [1.82, 2.24) is 0 Å². The van der Waals surface area contributed by atoms with E-state index in [9.17, 15) is 0 Å². The summed E-state index contributed by atoms with van der Waals surface area (Å²) < 4.78 is 0. The average molecular weight is 291 g/mol. The summed E-state index contributed by atoms with van der Waals surface area (Å²) in [6, 6.07) is 16.7. The zero-order chi connectivity index (χ0) is 15.6. The minimum Gasteiger partial charge on any atom is -0.326 e. The molecule has 0 aliphatic rings. The maximum Gasteiger partial charge on any atom is 0.0251 e. The van der Waals surface area contributed by atoms with Crippen molar-refractivity contribution in [2.24, 2.45) is 5.73 Å². The van der Waals surface area contributed by atoms with E-state index in [1.165, 1.54) is 31.2 Å². The number of hydrogen-bond acceptors (Lipinski definition) is 1. The molecule has 0 saturated carbocycles. The third-order valence-corrected chi connectivity index (χ3v) is 3.79. The van der Waals surface area contributed by atoms with E-state index < -0.39 is 0 Å². The minimum absolute atomic E-state index is 0.577. The first-order valence-corrected chi connectivity index (χ1v) is 8.22. The maximum atomic E-state index is 5.60. The van der Waals surface area contributed by atoms with Crippen molar-refractivity contribution in [3.8, 4) is 11.8 Å². The van der Waals surface area contributed by atoms with E-state index in [0.717, 1.165) is 23.1 Å². The Balaban J connectivity index is 1.99. The van der Waals surface area contributed by atoms with Crippen molar-refractivity contribution in [3.05, 3.63) is 70.8 Å². The number of unbranched alkanes of at least 4 members (excludes halogenated alkanes) is 3. The first-order valence-electron chi connectivity index (χ1n) is 8.22. The second-order valence-electron chi connectivity index (χ2n) is 5.66. The van der Waals surface area contributed by atoms with Crippen LogP contribution in [0.25, 0.3) is 0 Å². The fourth-order valence-electron chi connectivity index (χ4n) is 2.43. The lowest BCUT2D eigenvalue weighted by atomic mass is 10.0. The molecule has 0 amide bonds. The van der Waals surface area contributed by atoms with Crippen LogP contribution in [-0.4, -0.2) is 0 Å². The Hall–Kier alpha value is -2.04. The number of hydrogen-bond donors (Lipinski definition) is 1. The van der Waals surface area contributed by atoms with Gasteiger partial charge in [0.15, 0.2) is 0 Å². The number of rotatable bonds is 6. The van der Waals surface area contributed by atoms with Crippen LogP contribution in [0.15, 0.2) is 48.5 Å². The number of benzene rings is 2. The third-order valence-electron chi connectivity index (χ3n) is 3.79. The Morgan fingerprint density at radius 1 is 0.818 bits per heavy atom. The van der Waals surface area contributed by atoms with Gasteiger partial charge in [-0.05, 0) is 48.2 Å². The summed E-state index contributed by atoms with van der Waals surface area (Å²) in [5, 5.41) is 0. The molecule has 114 valence electrons. The molecule has 2 N–H and O–H groups in total. The molecule has 0 radical (unpaired) electrons. The van der Waals surface area contributed by atoms with Crippen molar-refractivity contribution in [3.63, 3.8) is 0 Å². The zero-order valence-electron chi connectivity index (χ0n) is 13.4. The summed E-state index contributed by atoms with van der Waals surface area (Å²) in [5.74, 6) is 6.48. The SMILES string of the molecule is CCCCCCc1cccc(C#Cc2ccc(CN)cc2)c1. The second kappa shape index (κ2) is 9.07. The van der Waals surface area contributed by atoms with Gasteiger partial charge in [0.1, 0.15) is 0 Å². The monoisotopic (exact) mass is 291 g/mol. The van der Waals surface area contributed by atoms with Gasteiger partial charge in [0, 0.05) is 17.7 Å². The summed E-state index contributed by atoms with van der Waals surface area (Å²) in [4.78, 5) is 0. The van der Waals surface area contributed by atoms with Gasteiger partial charge in [0.2, 0.25) is 0 Å². The van der Waals surface area contributed by atoms with E-state index in [4.69, 9.17) is 5.73 Å². The third kappa shape index (κ3) is 5.39. The highest BCUT2D eigenvalue weighted by Gasteiger charge is 1.95. The molecule has 0 heterocycles. The van der Waals surface area contributed by atoms with E-state index in [2.05, 4.69) is 43.0 Å². The molecule has 0 spiro atoms. The van der Waals surface area contributed by atoms with Gasteiger partial charge in [-0.1, -0.05) is 62.3 Å². The Morgan fingerprint density at radius 3 is 2.32 bits per heavy atom. The molecule has 0 fully saturated rings. The van der Waals surface area contributed by atoms with Crippen molar-refractivity contribution in [2.75, 3.05) is 0 Å². The van der Waals surface area contributed by atoms with E-state index in [0.29, 0.717) is 6.54 Å². The lowest BCUT2D eigenvalue weighted by molar-refractivity contribution is 0.667. The molecular formula is C21H25N. The molecule has 2 aromatic carbocycles. The molecule has 1 nitrogen and oxygen atoms in total. The molecule has 0 atom stereocenters. The van der Waals surface area contributed by atoms with E-state index >= 15 is 0 Å². The first kappa shape index (κ1) is 16.3. The van der Waals surface area contributed by atoms with Crippen LogP contribution >= 0.6 is 0 Å². The highest BCUT2D eigenvalue weighted by molar-refractivity contribution is 5.44. The number of aryl methyl sites for hydroxylation is 1. The van der Waals surface area contributed by atoms with Crippen molar-refractivity contribution in [2.45, 2.75) is 45.6 Å². The van der Waals surface area contributed by atoms with Gasteiger partial charge in [-0.3, -0.25) is 0 Å². The topological polar surface area (TPSA) is 26.0 Å². The van der Waals surface area contributed by atoms with Crippen LogP contribution in [-0.2, 0) is 13.0 Å². The van der Waals surface area contributed by atoms with Gasteiger partial charge < -0.3 is 5.73 Å². The van der Waals surface area contributed by atoms with Crippen LogP contribution in [0, 0.1) is 11.8 Å². The van der Waals surface area contributed by atoms with E-state index in [-0.39, 0.29) is 0 Å².